The van der Waals surface area contributed by atoms with Crippen molar-refractivity contribution in [3.05, 3.63) is 69.7 Å². The van der Waals surface area contributed by atoms with E-state index in [-0.39, 0.29) is 6.04 Å². The summed E-state index contributed by atoms with van der Waals surface area (Å²) in [7, 11) is 2.07. The first kappa shape index (κ1) is 15.7. The first-order valence-electron chi connectivity index (χ1n) is 6.75. The number of hydrogen-bond donors (Lipinski definition) is 1. The molecule has 0 amide bonds. The zero-order chi connectivity index (χ0) is 15.4. The number of carboxylic acids is 1. The Morgan fingerprint density at radius 1 is 1.24 bits per heavy atom. The third-order valence-corrected chi connectivity index (χ3v) is 4.12. The van der Waals surface area contributed by atoms with Crippen LogP contribution in [-0.4, -0.2) is 23.0 Å². The van der Waals surface area contributed by atoms with Gasteiger partial charge in [0, 0.05) is 17.1 Å². The summed E-state index contributed by atoms with van der Waals surface area (Å²) in [4.78, 5) is 13.1. The van der Waals surface area contributed by atoms with Crippen molar-refractivity contribution in [3.63, 3.8) is 0 Å². The Morgan fingerprint density at radius 2 is 1.90 bits per heavy atom. The van der Waals surface area contributed by atoms with Crippen molar-refractivity contribution in [2.24, 2.45) is 0 Å². The summed E-state index contributed by atoms with van der Waals surface area (Å²) in [6.45, 7) is 2.93. The third kappa shape index (κ3) is 4.16. The van der Waals surface area contributed by atoms with Crippen molar-refractivity contribution < 1.29 is 9.90 Å². The average molecular weight is 348 g/mol. The van der Waals surface area contributed by atoms with Gasteiger partial charge in [0.05, 0.1) is 5.56 Å². The minimum Gasteiger partial charge on any atom is -0.478 e. The van der Waals surface area contributed by atoms with Crippen LogP contribution < -0.4 is 0 Å². The zero-order valence-corrected chi connectivity index (χ0v) is 13.7. The molecule has 0 aliphatic heterocycles. The molecule has 110 valence electrons. The van der Waals surface area contributed by atoms with Crippen LogP contribution in [0.2, 0.25) is 0 Å². The number of carboxylic acid groups (broad SMARTS) is 1. The van der Waals surface area contributed by atoms with Crippen molar-refractivity contribution >= 4 is 21.9 Å². The maximum Gasteiger partial charge on any atom is 0.335 e. The fourth-order valence-electron chi connectivity index (χ4n) is 2.20. The second-order valence-electron chi connectivity index (χ2n) is 5.15. The maximum atomic E-state index is 10.8. The number of halogens is 1. The quantitative estimate of drug-likeness (QED) is 0.874. The van der Waals surface area contributed by atoms with Gasteiger partial charge in [-0.15, -0.1) is 0 Å². The Hall–Kier alpha value is -1.65. The van der Waals surface area contributed by atoms with E-state index < -0.39 is 5.97 Å². The van der Waals surface area contributed by atoms with E-state index in [0.29, 0.717) is 5.56 Å². The predicted octanol–water partition coefficient (Wildman–Crippen LogP) is 4.34. The summed E-state index contributed by atoms with van der Waals surface area (Å²) in [6, 6.07) is 15.6. The van der Waals surface area contributed by atoms with Crippen LogP contribution in [0.3, 0.4) is 0 Å². The van der Waals surface area contributed by atoms with Gasteiger partial charge in [0.1, 0.15) is 0 Å². The van der Waals surface area contributed by atoms with Gasteiger partial charge in [0.25, 0.3) is 0 Å². The summed E-state index contributed by atoms with van der Waals surface area (Å²) in [6.07, 6.45) is 0. The molecule has 0 aliphatic rings. The molecule has 1 unspecified atom stereocenters. The fourth-order valence-corrected chi connectivity index (χ4v) is 2.62. The number of benzene rings is 2. The predicted molar refractivity (Wildman–Crippen MR) is 87.4 cm³/mol. The summed E-state index contributed by atoms with van der Waals surface area (Å²) >= 11 is 3.49. The zero-order valence-electron chi connectivity index (χ0n) is 12.1. The summed E-state index contributed by atoms with van der Waals surface area (Å²) < 4.78 is 1.08. The van der Waals surface area contributed by atoms with Gasteiger partial charge in [-0.2, -0.15) is 0 Å². The summed E-state index contributed by atoms with van der Waals surface area (Å²) in [5, 5.41) is 8.91. The minimum atomic E-state index is -0.891. The van der Waals surface area contributed by atoms with Crippen LogP contribution in [0.25, 0.3) is 0 Å². The van der Waals surface area contributed by atoms with E-state index in [9.17, 15) is 4.79 Å². The van der Waals surface area contributed by atoms with Crippen molar-refractivity contribution in [1.29, 1.82) is 0 Å². The molecule has 21 heavy (non-hydrogen) atoms. The Kier molecular flexibility index (Phi) is 5.15. The highest BCUT2D eigenvalue weighted by Crippen LogP contribution is 2.23. The molecule has 1 N–H and O–H groups in total. The van der Waals surface area contributed by atoms with E-state index in [1.807, 2.05) is 24.3 Å². The lowest BCUT2D eigenvalue weighted by Crippen LogP contribution is -2.21. The summed E-state index contributed by atoms with van der Waals surface area (Å²) in [5.74, 6) is -0.891. The maximum absolute atomic E-state index is 10.8. The molecule has 2 aromatic carbocycles. The molecule has 0 fully saturated rings. The molecule has 0 bridgehead atoms. The van der Waals surface area contributed by atoms with E-state index in [1.165, 1.54) is 5.56 Å². The lowest BCUT2D eigenvalue weighted by Gasteiger charge is -2.25. The van der Waals surface area contributed by atoms with Crippen molar-refractivity contribution in [2.75, 3.05) is 7.05 Å². The summed E-state index contributed by atoms with van der Waals surface area (Å²) in [5.41, 5.74) is 2.67. The van der Waals surface area contributed by atoms with Crippen LogP contribution in [-0.2, 0) is 6.54 Å². The van der Waals surface area contributed by atoms with Crippen molar-refractivity contribution in [1.82, 2.24) is 4.90 Å². The highest BCUT2D eigenvalue weighted by atomic mass is 79.9. The fraction of sp³-hybridized carbons (Fsp3) is 0.235. The molecule has 1 atom stereocenters. The van der Waals surface area contributed by atoms with Crippen LogP contribution in [0.1, 0.15) is 34.5 Å². The average Bonchev–Trinajstić information content (AvgIpc) is 2.47. The lowest BCUT2D eigenvalue weighted by atomic mass is 10.1. The van der Waals surface area contributed by atoms with Gasteiger partial charge in [-0.25, -0.2) is 4.79 Å². The lowest BCUT2D eigenvalue weighted by molar-refractivity contribution is 0.0697. The number of aromatic carboxylic acids is 1. The normalized spacial score (nSPS) is 12.4. The first-order chi connectivity index (χ1) is 9.97. The molecule has 0 spiro atoms. The molecular weight excluding hydrogens is 330 g/mol. The van der Waals surface area contributed by atoms with E-state index in [0.717, 1.165) is 16.6 Å². The second kappa shape index (κ2) is 6.87. The molecule has 0 aromatic heterocycles. The molecule has 4 heteroatoms. The molecular formula is C17H18BrNO2. The first-order valence-corrected chi connectivity index (χ1v) is 7.54. The monoisotopic (exact) mass is 347 g/mol. The van der Waals surface area contributed by atoms with Gasteiger partial charge in [-0.3, -0.25) is 4.90 Å². The third-order valence-electron chi connectivity index (χ3n) is 3.63. The van der Waals surface area contributed by atoms with Gasteiger partial charge in [0.2, 0.25) is 0 Å². The van der Waals surface area contributed by atoms with E-state index in [2.05, 4.69) is 46.9 Å². The van der Waals surface area contributed by atoms with Crippen LogP contribution in [0.4, 0.5) is 0 Å². The SMILES string of the molecule is CC(c1cccc(Br)c1)N(C)Cc1ccc(C(=O)O)cc1. The van der Waals surface area contributed by atoms with Crippen LogP contribution in [0, 0.1) is 0 Å². The van der Waals surface area contributed by atoms with Crippen molar-refractivity contribution in [3.8, 4) is 0 Å². The van der Waals surface area contributed by atoms with Gasteiger partial charge < -0.3 is 5.11 Å². The molecule has 2 rings (SSSR count). The standard InChI is InChI=1S/C17H18BrNO2/c1-12(15-4-3-5-16(18)10-15)19(2)11-13-6-8-14(9-7-13)17(20)21/h3-10,12H,11H2,1-2H3,(H,20,21). The molecule has 0 saturated carbocycles. The van der Waals surface area contributed by atoms with Crippen LogP contribution >= 0.6 is 15.9 Å². The Labute approximate surface area is 133 Å². The molecule has 2 aromatic rings. The van der Waals surface area contributed by atoms with E-state index in [4.69, 9.17) is 5.11 Å². The number of rotatable bonds is 5. The second-order valence-corrected chi connectivity index (χ2v) is 6.06. The number of carbonyl (C=O) groups is 1. The van der Waals surface area contributed by atoms with Gasteiger partial charge >= 0.3 is 5.97 Å². The van der Waals surface area contributed by atoms with Crippen LogP contribution in [0.15, 0.2) is 53.0 Å². The van der Waals surface area contributed by atoms with Crippen LogP contribution in [0.5, 0.6) is 0 Å². The van der Waals surface area contributed by atoms with E-state index >= 15 is 0 Å². The Balaban J connectivity index is 2.06. The van der Waals surface area contributed by atoms with E-state index in [1.54, 1.807) is 12.1 Å². The largest absolute Gasteiger partial charge is 0.478 e. The highest BCUT2D eigenvalue weighted by Gasteiger charge is 2.12. The molecule has 3 nitrogen and oxygen atoms in total. The smallest absolute Gasteiger partial charge is 0.335 e. The molecule has 0 radical (unpaired) electrons. The van der Waals surface area contributed by atoms with Gasteiger partial charge in [-0.1, -0.05) is 40.2 Å². The number of nitrogens with zero attached hydrogens (tertiary/aromatic N) is 1. The highest BCUT2D eigenvalue weighted by molar-refractivity contribution is 9.10. The Morgan fingerprint density at radius 3 is 2.48 bits per heavy atom. The van der Waals surface area contributed by atoms with Crippen molar-refractivity contribution in [2.45, 2.75) is 19.5 Å². The molecule has 0 aliphatic carbocycles. The van der Waals surface area contributed by atoms with Gasteiger partial charge in [0.15, 0.2) is 0 Å². The molecule has 0 heterocycles. The minimum absolute atomic E-state index is 0.279. The number of hydrogen-bond acceptors (Lipinski definition) is 2. The topological polar surface area (TPSA) is 40.5 Å². The molecule has 0 saturated heterocycles. The Bertz CT molecular complexity index is 625. The van der Waals surface area contributed by atoms with Gasteiger partial charge in [-0.05, 0) is 49.4 Å².